The zero-order valence-electron chi connectivity index (χ0n) is 18.8. The van der Waals surface area contributed by atoms with Gasteiger partial charge in [-0.25, -0.2) is 4.79 Å². The van der Waals surface area contributed by atoms with Gasteiger partial charge in [0.15, 0.2) is 12.4 Å². The minimum atomic E-state index is -4.43. The number of esters is 1. The van der Waals surface area contributed by atoms with Crippen LogP contribution in [0.25, 0.3) is 0 Å². The van der Waals surface area contributed by atoms with Gasteiger partial charge in [0.05, 0.1) is 11.8 Å². The zero-order valence-corrected chi connectivity index (χ0v) is 18.8. The molecule has 1 aromatic heterocycles. The van der Waals surface area contributed by atoms with Gasteiger partial charge >= 0.3 is 12.1 Å². The molecule has 0 saturated carbocycles. The molecule has 1 N–H and O–H groups in total. The van der Waals surface area contributed by atoms with Gasteiger partial charge < -0.3 is 24.3 Å². The number of benzene rings is 1. The molecule has 2 amide bonds. The molecule has 1 aliphatic heterocycles. The van der Waals surface area contributed by atoms with Crippen LogP contribution in [0, 0.1) is 5.92 Å². The number of carbonyl (C=O) groups excluding carboxylic acids is 3. The summed E-state index contributed by atoms with van der Waals surface area (Å²) in [5, 5.41) is 2.54. The van der Waals surface area contributed by atoms with E-state index in [2.05, 4.69) is 5.32 Å². The molecule has 0 aliphatic carbocycles. The summed E-state index contributed by atoms with van der Waals surface area (Å²) in [6.45, 7) is 4.18. The van der Waals surface area contributed by atoms with Crippen molar-refractivity contribution in [1.29, 1.82) is 0 Å². The van der Waals surface area contributed by atoms with E-state index in [1.54, 1.807) is 30.9 Å². The molecule has 2 heterocycles. The first-order valence-corrected chi connectivity index (χ1v) is 10.8. The number of hydrogen-bond acceptors (Lipinski definition) is 6. The highest BCUT2D eigenvalue weighted by Gasteiger charge is 2.32. The molecule has 1 saturated heterocycles. The molecule has 0 unspecified atom stereocenters. The lowest BCUT2D eigenvalue weighted by Gasteiger charge is -2.36. The fourth-order valence-electron chi connectivity index (χ4n) is 3.52. The fraction of sp³-hybridized carbons (Fsp3) is 0.435. The molecular weight excluding hydrogens is 455 g/mol. The molecular formula is C23H26F3N3O5. The number of nitrogens with one attached hydrogen (secondary N) is 1. The van der Waals surface area contributed by atoms with Crippen LogP contribution in [0.4, 0.5) is 18.9 Å². The highest BCUT2D eigenvalue weighted by molar-refractivity contribution is 5.94. The first-order chi connectivity index (χ1) is 16.1. The summed E-state index contributed by atoms with van der Waals surface area (Å²) in [6, 6.07) is 7.08. The fourth-order valence-corrected chi connectivity index (χ4v) is 3.52. The first-order valence-electron chi connectivity index (χ1n) is 10.8. The van der Waals surface area contributed by atoms with Crippen LogP contribution in [0.1, 0.15) is 30.0 Å². The number of ether oxygens (including phenoxy) is 1. The molecule has 0 spiro atoms. The average molecular weight is 481 g/mol. The van der Waals surface area contributed by atoms with E-state index in [0.29, 0.717) is 18.8 Å². The lowest BCUT2D eigenvalue weighted by atomic mass is 10.0. The third-order valence-corrected chi connectivity index (χ3v) is 5.46. The Morgan fingerprint density at radius 2 is 1.79 bits per heavy atom. The van der Waals surface area contributed by atoms with Gasteiger partial charge in [0.25, 0.3) is 11.8 Å². The minimum Gasteiger partial charge on any atom is -0.459 e. The molecule has 3 rings (SSSR count). The van der Waals surface area contributed by atoms with Gasteiger partial charge in [-0.1, -0.05) is 19.9 Å². The van der Waals surface area contributed by atoms with Crippen molar-refractivity contribution < 1.29 is 36.7 Å². The van der Waals surface area contributed by atoms with Crippen molar-refractivity contribution in [3.63, 3.8) is 0 Å². The monoisotopic (exact) mass is 481 g/mol. The predicted molar refractivity (Wildman–Crippen MR) is 116 cm³/mol. The maximum Gasteiger partial charge on any atom is 0.416 e. The number of halogens is 3. The van der Waals surface area contributed by atoms with Crippen LogP contribution < -0.4 is 10.2 Å². The summed E-state index contributed by atoms with van der Waals surface area (Å²) in [5.74, 6) is -1.98. The van der Waals surface area contributed by atoms with Gasteiger partial charge in [-0.15, -0.1) is 0 Å². The van der Waals surface area contributed by atoms with E-state index in [0.717, 1.165) is 12.1 Å². The second-order valence-electron chi connectivity index (χ2n) is 8.20. The van der Waals surface area contributed by atoms with Crippen molar-refractivity contribution in [2.75, 3.05) is 37.7 Å². The molecule has 1 aromatic carbocycles. The summed E-state index contributed by atoms with van der Waals surface area (Å²) in [5.41, 5.74) is -0.297. The van der Waals surface area contributed by atoms with Crippen molar-refractivity contribution in [3.05, 3.63) is 54.0 Å². The van der Waals surface area contributed by atoms with Gasteiger partial charge in [-0.05, 0) is 36.2 Å². The maximum atomic E-state index is 13.0. The van der Waals surface area contributed by atoms with Crippen molar-refractivity contribution >= 4 is 23.5 Å². The Labute approximate surface area is 194 Å². The van der Waals surface area contributed by atoms with Gasteiger partial charge in [0.1, 0.15) is 6.04 Å². The van der Waals surface area contributed by atoms with Crippen molar-refractivity contribution in [2.45, 2.75) is 26.1 Å². The Morgan fingerprint density at radius 1 is 1.09 bits per heavy atom. The van der Waals surface area contributed by atoms with E-state index in [-0.39, 0.29) is 24.8 Å². The second kappa shape index (κ2) is 10.6. The van der Waals surface area contributed by atoms with Gasteiger partial charge in [-0.2, -0.15) is 13.2 Å². The van der Waals surface area contributed by atoms with Gasteiger partial charge in [-0.3, -0.25) is 9.59 Å². The van der Waals surface area contributed by atoms with Crippen molar-refractivity contribution in [1.82, 2.24) is 10.2 Å². The quantitative estimate of drug-likeness (QED) is 0.612. The summed E-state index contributed by atoms with van der Waals surface area (Å²) in [7, 11) is 0. The van der Waals surface area contributed by atoms with Crippen LogP contribution in [0.5, 0.6) is 0 Å². The zero-order chi connectivity index (χ0) is 24.9. The van der Waals surface area contributed by atoms with Crippen LogP contribution in [-0.4, -0.2) is 61.5 Å². The van der Waals surface area contributed by atoms with Crippen LogP contribution >= 0.6 is 0 Å². The number of piperazine rings is 1. The Hall–Kier alpha value is -3.50. The summed E-state index contributed by atoms with van der Waals surface area (Å²) < 4.78 is 49.0. The van der Waals surface area contributed by atoms with Crippen LogP contribution in [0.3, 0.4) is 0 Å². The minimum absolute atomic E-state index is 0.0492. The largest absolute Gasteiger partial charge is 0.459 e. The first kappa shape index (κ1) is 25.1. The number of anilines is 1. The van der Waals surface area contributed by atoms with E-state index in [1.807, 2.05) is 0 Å². The van der Waals surface area contributed by atoms with Crippen LogP contribution in [-0.2, 0) is 20.5 Å². The third-order valence-electron chi connectivity index (χ3n) is 5.46. The van der Waals surface area contributed by atoms with E-state index in [1.165, 1.54) is 23.3 Å². The van der Waals surface area contributed by atoms with E-state index >= 15 is 0 Å². The predicted octanol–water partition coefficient (Wildman–Crippen LogP) is 2.94. The molecule has 1 aliphatic rings. The Balaban J connectivity index is 1.50. The summed E-state index contributed by atoms with van der Waals surface area (Å²) >= 11 is 0. The van der Waals surface area contributed by atoms with Gasteiger partial charge in [0.2, 0.25) is 0 Å². The van der Waals surface area contributed by atoms with Crippen LogP contribution in [0.15, 0.2) is 47.1 Å². The number of nitrogens with zero attached hydrogens (tertiary/aromatic N) is 2. The van der Waals surface area contributed by atoms with E-state index in [4.69, 9.17) is 9.15 Å². The Kier molecular flexibility index (Phi) is 7.85. The number of amides is 2. The molecule has 1 atom stereocenters. The number of furan rings is 1. The molecule has 1 fully saturated rings. The van der Waals surface area contributed by atoms with E-state index in [9.17, 15) is 27.6 Å². The number of alkyl halides is 3. The molecule has 2 aromatic rings. The van der Waals surface area contributed by atoms with Crippen molar-refractivity contribution in [3.8, 4) is 0 Å². The maximum absolute atomic E-state index is 13.0. The molecule has 11 heteroatoms. The molecule has 8 nitrogen and oxygen atoms in total. The highest BCUT2D eigenvalue weighted by atomic mass is 19.4. The summed E-state index contributed by atoms with van der Waals surface area (Å²) in [6.07, 6.45) is -3.09. The average Bonchev–Trinajstić information content (AvgIpc) is 3.35. The molecule has 34 heavy (non-hydrogen) atoms. The van der Waals surface area contributed by atoms with Crippen LogP contribution in [0.2, 0.25) is 0 Å². The van der Waals surface area contributed by atoms with Gasteiger partial charge in [0, 0.05) is 31.9 Å². The smallest absolute Gasteiger partial charge is 0.416 e. The second-order valence-corrected chi connectivity index (χ2v) is 8.20. The Morgan fingerprint density at radius 3 is 2.38 bits per heavy atom. The lowest BCUT2D eigenvalue weighted by Crippen LogP contribution is -2.50. The number of rotatable bonds is 7. The Bertz CT molecular complexity index is 1000. The topological polar surface area (TPSA) is 92.1 Å². The normalized spacial score (nSPS) is 15.2. The molecule has 0 bridgehead atoms. The molecule has 184 valence electrons. The molecule has 0 radical (unpaired) electrons. The third kappa shape index (κ3) is 6.30. The number of hydrogen-bond donors (Lipinski definition) is 1. The van der Waals surface area contributed by atoms with Crippen molar-refractivity contribution in [2.24, 2.45) is 5.92 Å². The number of carbonyl (C=O) groups is 3. The lowest BCUT2D eigenvalue weighted by molar-refractivity contribution is -0.154. The standard InChI is InChI=1S/C23H26F3N3O5/c1-15(2)20(27-21(31)18-7-4-12-33-18)22(32)34-14-19(30)29-10-8-28(9-11-29)17-6-3-5-16(13-17)23(24,25)26/h3-7,12-13,15,20H,8-11,14H2,1-2H3,(H,27,31)/t20-/m0/s1. The summed E-state index contributed by atoms with van der Waals surface area (Å²) in [4.78, 5) is 40.4. The van der Waals surface area contributed by atoms with E-state index < -0.39 is 42.2 Å². The SMILES string of the molecule is CC(C)[C@H](NC(=O)c1ccco1)C(=O)OCC(=O)N1CCN(c2cccc(C(F)(F)F)c2)CC1. The highest BCUT2D eigenvalue weighted by Crippen LogP contribution is 2.31.